The van der Waals surface area contributed by atoms with E-state index in [0.29, 0.717) is 12.4 Å². The summed E-state index contributed by atoms with van der Waals surface area (Å²) in [5, 5.41) is 4.17. The molecule has 1 saturated carbocycles. The van der Waals surface area contributed by atoms with E-state index in [-0.39, 0.29) is 5.92 Å². The molecule has 3 rings (SSSR count). The molecular weight excluding hydrogens is 288 g/mol. The van der Waals surface area contributed by atoms with Gasteiger partial charge in [0.15, 0.2) is 0 Å². The fourth-order valence-corrected chi connectivity index (χ4v) is 3.13. The molecule has 1 fully saturated rings. The third-order valence-corrected chi connectivity index (χ3v) is 4.45. The number of ether oxygens (including phenoxy) is 1. The van der Waals surface area contributed by atoms with Gasteiger partial charge in [0.25, 0.3) is 0 Å². The Morgan fingerprint density at radius 1 is 1.22 bits per heavy atom. The Hall–Kier alpha value is -2.10. The Labute approximate surface area is 137 Å². The molecular formula is C19H24N2O2. The molecule has 0 radical (unpaired) electrons. The molecule has 1 unspecified atom stereocenters. The van der Waals surface area contributed by atoms with Crippen LogP contribution in [-0.4, -0.2) is 22.2 Å². The maximum Gasteiger partial charge on any atom is 0.136 e. The Balaban J connectivity index is 1.42. The van der Waals surface area contributed by atoms with Crippen molar-refractivity contribution >= 4 is 5.78 Å². The fourth-order valence-electron chi connectivity index (χ4n) is 3.13. The van der Waals surface area contributed by atoms with Crippen molar-refractivity contribution < 1.29 is 9.53 Å². The van der Waals surface area contributed by atoms with Crippen LogP contribution in [0.1, 0.15) is 37.7 Å². The number of aromatic nitrogens is 2. The van der Waals surface area contributed by atoms with Gasteiger partial charge in [-0.2, -0.15) is 5.10 Å². The van der Waals surface area contributed by atoms with Gasteiger partial charge >= 0.3 is 0 Å². The molecule has 0 amide bonds. The number of rotatable bonds is 7. The van der Waals surface area contributed by atoms with Crippen LogP contribution >= 0.6 is 0 Å². The smallest absolute Gasteiger partial charge is 0.136 e. The lowest BCUT2D eigenvalue weighted by Crippen LogP contribution is -2.20. The average molecular weight is 312 g/mol. The van der Waals surface area contributed by atoms with Gasteiger partial charge in [0.05, 0.1) is 6.61 Å². The second-order valence-corrected chi connectivity index (χ2v) is 6.23. The molecule has 1 aliphatic carbocycles. The molecule has 122 valence electrons. The lowest BCUT2D eigenvalue weighted by molar-refractivity contribution is -0.124. The van der Waals surface area contributed by atoms with E-state index in [0.717, 1.165) is 44.4 Å². The first-order valence-electron chi connectivity index (χ1n) is 8.53. The quantitative estimate of drug-likeness (QED) is 0.733. The van der Waals surface area contributed by atoms with Gasteiger partial charge in [-0.3, -0.25) is 9.48 Å². The molecule has 0 N–H and O–H groups in total. The van der Waals surface area contributed by atoms with E-state index in [1.165, 1.54) is 12.0 Å². The summed E-state index contributed by atoms with van der Waals surface area (Å²) in [7, 11) is 0. The molecule has 23 heavy (non-hydrogen) atoms. The predicted octanol–water partition coefficient (Wildman–Crippen LogP) is 3.65. The number of Topliss-reactive ketones (excluding diaryl/α,β-unsaturated/α-hetero) is 1. The fraction of sp³-hybridized carbons (Fsp3) is 0.474. The number of carbonyl (C=O) groups is 1. The summed E-state index contributed by atoms with van der Waals surface area (Å²) in [6, 6.07) is 10.1. The highest BCUT2D eigenvalue weighted by Gasteiger charge is 2.22. The summed E-state index contributed by atoms with van der Waals surface area (Å²) in [6.07, 6.45) is 9.62. The third-order valence-electron chi connectivity index (χ3n) is 4.45. The van der Waals surface area contributed by atoms with Gasteiger partial charge in [-0.05, 0) is 43.0 Å². The van der Waals surface area contributed by atoms with Gasteiger partial charge < -0.3 is 4.74 Å². The van der Waals surface area contributed by atoms with Crippen LogP contribution in [0.2, 0.25) is 0 Å². The Morgan fingerprint density at radius 2 is 2.09 bits per heavy atom. The number of benzene rings is 1. The largest absolute Gasteiger partial charge is 0.494 e. The average Bonchev–Trinajstić information content (AvgIpc) is 3.09. The predicted molar refractivity (Wildman–Crippen MR) is 89.5 cm³/mol. The van der Waals surface area contributed by atoms with Crippen LogP contribution in [0, 0.1) is 5.92 Å². The monoisotopic (exact) mass is 312 g/mol. The molecule has 2 aromatic rings. The molecule has 0 aliphatic heterocycles. The van der Waals surface area contributed by atoms with Crippen molar-refractivity contribution in [2.24, 2.45) is 5.92 Å². The molecule has 1 aliphatic rings. The SMILES string of the molecule is O=C1CCCCC1Cc1ccc(OCCCn2cccn2)cc1. The number of hydrogen-bond acceptors (Lipinski definition) is 3. The van der Waals surface area contributed by atoms with Crippen molar-refractivity contribution in [3.63, 3.8) is 0 Å². The standard InChI is InChI=1S/C19H24N2O2/c22-19-6-2-1-5-17(19)15-16-7-9-18(10-8-16)23-14-4-13-21-12-3-11-20-21/h3,7-12,17H,1-2,4-6,13-15H2. The Bertz CT molecular complexity index is 605. The summed E-state index contributed by atoms with van der Waals surface area (Å²) >= 11 is 0. The van der Waals surface area contributed by atoms with Crippen molar-refractivity contribution in [2.45, 2.75) is 45.1 Å². The Morgan fingerprint density at radius 3 is 2.83 bits per heavy atom. The Kier molecular flexibility index (Phi) is 5.46. The van der Waals surface area contributed by atoms with Crippen LogP contribution in [0.4, 0.5) is 0 Å². The van der Waals surface area contributed by atoms with Crippen molar-refractivity contribution in [1.82, 2.24) is 9.78 Å². The van der Waals surface area contributed by atoms with Crippen molar-refractivity contribution in [1.29, 1.82) is 0 Å². The van der Waals surface area contributed by atoms with Gasteiger partial charge in [-0.1, -0.05) is 18.6 Å². The number of carbonyl (C=O) groups excluding carboxylic acids is 1. The molecule has 0 spiro atoms. The van der Waals surface area contributed by atoms with Crippen molar-refractivity contribution in [3.05, 3.63) is 48.3 Å². The van der Waals surface area contributed by atoms with E-state index >= 15 is 0 Å². The van der Waals surface area contributed by atoms with E-state index in [1.807, 2.05) is 29.1 Å². The van der Waals surface area contributed by atoms with Gasteiger partial charge in [0.1, 0.15) is 11.5 Å². The minimum absolute atomic E-state index is 0.226. The van der Waals surface area contributed by atoms with Crippen molar-refractivity contribution in [3.8, 4) is 5.75 Å². The second kappa shape index (κ2) is 7.95. The van der Waals surface area contributed by atoms with Crippen LogP contribution in [0.5, 0.6) is 5.75 Å². The van der Waals surface area contributed by atoms with E-state index in [2.05, 4.69) is 17.2 Å². The van der Waals surface area contributed by atoms with E-state index in [9.17, 15) is 4.79 Å². The molecule has 1 heterocycles. The van der Waals surface area contributed by atoms with E-state index in [1.54, 1.807) is 6.20 Å². The number of aryl methyl sites for hydroxylation is 1. The summed E-state index contributed by atoms with van der Waals surface area (Å²) in [5.41, 5.74) is 1.23. The van der Waals surface area contributed by atoms with Crippen LogP contribution in [0.15, 0.2) is 42.7 Å². The van der Waals surface area contributed by atoms with Crippen molar-refractivity contribution in [2.75, 3.05) is 6.61 Å². The summed E-state index contributed by atoms with van der Waals surface area (Å²) < 4.78 is 7.67. The zero-order valence-electron chi connectivity index (χ0n) is 13.5. The van der Waals surface area contributed by atoms with Crippen LogP contribution in [0.3, 0.4) is 0 Å². The van der Waals surface area contributed by atoms with Gasteiger partial charge in [-0.15, -0.1) is 0 Å². The third kappa shape index (κ3) is 4.68. The topological polar surface area (TPSA) is 44.1 Å². The minimum atomic E-state index is 0.226. The molecule has 4 heteroatoms. The number of ketones is 1. The second-order valence-electron chi connectivity index (χ2n) is 6.23. The molecule has 0 bridgehead atoms. The summed E-state index contributed by atoms with van der Waals surface area (Å²) in [4.78, 5) is 11.9. The first-order valence-corrected chi connectivity index (χ1v) is 8.53. The molecule has 1 aromatic carbocycles. The lowest BCUT2D eigenvalue weighted by Gasteiger charge is -2.20. The minimum Gasteiger partial charge on any atom is -0.494 e. The molecule has 1 atom stereocenters. The first kappa shape index (κ1) is 15.8. The number of hydrogen-bond donors (Lipinski definition) is 0. The van der Waals surface area contributed by atoms with Gasteiger partial charge in [0, 0.05) is 37.7 Å². The molecule has 0 saturated heterocycles. The van der Waals surface area contributed by atoms with E-state index in [4.69, 9.17) is 4.74 Å². The van der Waals surface area contributed by atoms with Gasteiger partial charge in [-0.25, -0.2) is 0 Å². The normalized spacial score (nSPS) is 18.1. The maximum absolute atomic E-state index is 11.9. The van der Waals surface area contributed by atoms with E-state index < -0.39 is 0 Å². The van der Waals surface area contributed by atoms with Crippen LogP contribution < -0.4 is 4.74 Å². The highest BCUT2D eigenvalue weighted by Crippen LogP contribution is 2.25. The summed E-state index contributed by atoms with van der Waals surface area (Å²) in [6.45, 7) is 1.55. The summed E-state index contributed by atoms with van der Waals surface area (Å²) in [5.74, 6) is 1.56. The van der Waals surface area contributed by atoms with Crippen LogP contribution in [0.25, 0.3) is 0 Å². The highest BCUT2D eigenvalue weighted by atomic mass is 16.5. The first-order chi connectivity index (χ1) is 11.3. The maximum atomic E-state index is 11.9. The molecule has 4 nitrogen and oxygen atoms in total. The lowest BCUT2D eigenvalue weighted by atomic mass is 9.84. The zero-order valence-corrected chi connectivity index (χ0v) is 13.5. The molecule has 1 aromatic heterocycles. The van der Waals surface area contributed by atoms with Crippen LogP contribution in [-0.2, 0) is 17.8 Å². The highest BCUT2D eigenvalue weighted by molar-refractivity contribution is 5.81. The number of nitrogens with zero attached hydrogens (tertiary/aromatic N) is 2. The van der Waals surface area contributed by atoms with Gasteiger partial charge in [0.2, 0.25) is 0 Å². The zero-order chi connectivity index (χ0) is 15.9.